The molecular weight excluding hydrogens is 429 g/mol. The number of amides is 2. The number of ketones is 1. The molecule has 1 aromatic carbocycles. The highest BCUT2D eigenvalue weighted by Gasteiger charge is 2.26. The minimum absolute atomic E-state index is 0.0251. The van der Waals surface area contributed by atoms with Crippen LogP contribution < -0.4 is 5.32 Å². The van der Waals surface area contributed by atoms with E-state index in [1.54, 1.807) is 18.3 Å². The average molecular weight is 458 g/mol. The maximum Gasteiger partial charge on any atom is 0.251 e. The molecule has 0 radical (unpaired) electrons. The van der Waals surface area contributed by atoms with E-state index in [-0.39, 0.29) is 29.8 Å². The number of benzene rings is 1. The van der Waals surface area contributed by atoms with E-state index in [4.69, 9.17) is 0 Å². The number of hydrogen-bond acceptors (Lipinski definition) is 5. The van der Waals surface area contributed by atoms with E-state index in [1.165, 1.54) is 42.2 Å². The van der Waals surface area contributed by atoms with Gasteiger partial charge in [-0.1, -0.05) is 0 Å². The summed E-state index contributed by atoms with van der Waals surface area (Å²) in [7, 11) is 0. The molecule has 3 rings (SSSR count). The Morgan fingerprint density at radius 1 is 1.06 bits per heavy atom. The van der Waals surface area contributed by atoms with Crippen LogP contribution in [0.1, 0.15) is 46.4 Å². The highest BCUT2D eigenvalue weighted by atomic mass is 32.2. The molecule has 32 heavy (non-hydrogen) atoms. The summed E-state index contributed by atoms with van der Waals surface area (Å²) in [5.41, 5.74) is 0.905. The molecular formula is C24H28FN3O3S. The Kier molecular flexibility index (Phi) is 9.22. The molecule has 8 heteroatoms. The van der Waals surface area contributed by atoms with Crippen LogP contribution in [0.15, 0.2) is 48.8 Å². The van der Waals surface area contributed by atoms with E-state index in [0.717, 1.165) is 32.4 Å². The number of carbonyl (C=O) groups is 3. The summed E-state index contributed by atoms with van der Waals surface area (Å²) in [6.45, 7) is 1.93. The number of aromatic nitrogens is 1. The lowest BCUT2D eigenvalue weighted by molar-refractivity contribution is -0.132. The second-order valence-electron chi connectivity index (χ2n) is 7.79. The third-order valence-electron chi connectivity index (χ3n) is 5.40. The summed E-state index contributed by atoms with van der Waals surface area (Å²) < 4.78 is 13.0. The number of carbonyl (C=O) groups excluding carboxylic acids is 3. The molecule has 1 saturated heterocycles. The van der Waals surface area contributed by atoms with Crippen molar-refractivity contribution in [1.82, 2.24) is 15.2 Å². The lowest BCUT2D eigenvalue weighted by Crippen LogP contribution is -2.38. The lowest BCUT2D eigenvalue weighted by Gasteiger charge is -2.28. The van der Waals surface area contributed by atoms with E-state index in [1.807, 2.05) is 4.90 Å². The quantitative estimate of drug-likeness (QED) is 0.436. The Labute approximate surface area is 192 Å². The largest absolute Gasteiger partial charge is 0.351 e. The SMILES string of the molecule is O=C(NCCSCC(CC(=O)N1CCCCC1)C(=O)c1cccnc1)c1ccc(F)cc1. The first-order valence-corrected chi connectivity index (χ1v) is 12.0. The first-order chi connectivity index (χ1) is 15.5. The van der Waals surface area contributed by atoms with Crippen molar-refractivity contribution in [3.05, 3.63) is 65.7 Å². The molecule has 1 aliphatic rings. The van der Waals surface area contributed by atoms with E-state index < -0.39 is 5.92 Å². The molecule has 6 nitrogen and oxygen atoms in total. The van der Waals surface area contributed by atoms with Gasteiger partial charge < -0.3 is 10.2 Å². The van der Waals surface area contributed by atoms with Crippen LogP contribution in [0.5, 0.6) is 0 Å². The van der Waals surface area contributed by atoms with Gasteiger partial charge in [0, 0.05) is 67.0 Å². The van der Waals surface area contributed by atoms with Crippen molar-refractivity contribution < 1.29 is 18.8 Å². The third kappa shape index (κ3) is 7.15. The monoisotopic (exact) mass is 457 g/mol. The number of nitrogens with zero attached hydrogens (tertiary/aromatic N) is 2. The van der Waals surface area contributed by atoms with Crippen molar-refractivity contribution in [2.45, 2.75) is 25.7 Å². The molecule has 0 aliphatic carbocycles. The third-order valence-corrected chi connectivity index (χ3v) is 6.53. The first kappa shape index (κ1) is 23.9. The normalized spacial score (nSPS) is 14.6. The number of rotatable bonds is 10. The van der Waals surface area contributed by atoms with Crippen molar-refractivity contribution in [2.24, 2.45) is 5.92 Å². The Bertz CT molecular complexity index is 902. The van der Waals surface area contributed by atoms with Crippen LogP contribution in [-0.4, -0.2) is 58.6 Å². The Hall–Kier alpha value is -2.74. The topological polar surface area (TPSA) is 79.4 Å². The molecule has 1 fully saturated rings. The van der Waals surface area contributed by atoms with Crippen LogP contribution in [0.4, 0.5) is 4.39 Å². The van der Waals surface area contributed by atoms with Gasteiger partial charge in [0.1, 0.15) is 5.82 Å². The molecule has 1 aromatic heterocycles. The fourth-order valence-electron chi connectivity index (χ4n) is 3.62. The maximum atomic E-state index is 13.0. The number of Topliss-reactive ketones (excluding diaryl/α,β-unsaturated/α-hetero) is 1. The van der Waals surface area contributed by atoms with Gasteiger partial charge in [0.05, 0.1) is 0 Å². The zero-order valence-corrected chi connectivity index (χ0v) is 18.8. The van der Waals surface area contributed by atoms with Crippen molar-refractivity contribution in [3.8, 4) is 0 Å². The van der Waals surface area contributed by atoms with Crippen LogP contribution in [0, 0.1) is 11.7 Å². The molecule has 1 aliphatic heterocycles. The van der Waals surface area contributed by atoms with Crippen molar-refractivity contribution >= 4 is 29.4 Å². The molecule has 1 atom stereocenters. The maximum absolute atomic E-state index is 13.0. The Balaban J connectivity index is 1.51. The van der Waals surface area contributed by atoms with Gasteiger partial charge in [-0.3, -0.25) is 19.4 Å². The predicted octanol–water partition coefficient (Wildman–Crippen LogP) is 3.59. The molecule has 0 saturated carbocycles. The molecule has 2 amide bonds. The summed E-state index contributed by atoms with van der Waals surface area (Å²) in [5, 5.41) is 2.79. The van der Waals surface area contributed by atoms with Crippen LogP contribution in [0.25, 0.3) is 0 Å². The minimum Gasteiger partial charge on any atom is -0.351 e. The number of nitrogens with one attached hydrogen (secondary N) is 1. The number of pyridine rings is 1. The lowest BCUT2D eigenvalue weighted by atomic mass is 9.96. The van der Waals surface area contributed by atoms with E-state index in [2.05, 4.69) is 10.3 Å². The summed E-state index contributed by atoms with van der Waals surface area (Å²) >= 11 is 1.53. The van der Waals surface area contributed by atoms with Gasteiger partial charge in [0.25, 0.3) is 5.91 Å². The summed E-state index contributed by atoms with van der Waals surface area (Å²) in [6, 6.07) is 8.81. The van der Waals surface area contributed by atoms with Crippen molar-refractivity contribution in [2.75, 3.05) is 31.1 Å². The second-order valence-corrected chi connectivity index (χ2v) is 8.94. The number of likely N-dealkylation sites (tertiary alicyclic amines) is 1. The van der Waals surface area contributed by atoms with Crippen LogP contribution in [0.3, 0.4) is 0 Å². The minimum atomic E-state index is -0.438. The van der Waals surface area contributed by atoms with Crippen LogP contribution >= 0.6 is 11.8 Å². The fourth-order valence-corrected chi connectivity index (χ4v) is 4.59. The number of hydrogen-bond donors (Lipinski definition) is 1. The van der Waals surface area contributed by atoms with Gasteiger partial charge in [0.2, 0.25) is 5.91 Å². The molecule has 0 bridgehead atoms. The Morgan fingerprint density at radius 3 is 2.50 bits per heavy atom. The van der Waals surface area contributed by atoms with E-state index in [0.29, 0.717) is 29.2 Å². The Morgan fingerprint density at radius 2 is 1.81 bits per heavy atom. The molecule has 0 spiro atoms. The molecule has 1 unspecified atom stereocenters. The highest BCUT2D eigenvalue weighted by molar-refractivity contribution is 7.99. The number of thioether (sulfide) groups is 1. The van der Waals surface area contributed by atoms with Gasteiger partial charge in [-0.2, -0.15) is 11.8 Å². The van der Waals surface area contributed by atoms with Crippen molar-refractivity contribution in [1.29, 1.82) is 0 Å². The van der Waals surface area contributed by atoms with E-state index in [9.17, 15) is 18.8 Å². The average Bonchev–Trinajstić information content (AvgIpc) is 2.84. The molecule has 2 aromatic rings. The zero-order valence-electron chi connectivity index (χ0n) is 18.0. The second kappa shape index (κ2) is 12.3. The number of piperidine rings is 1. The van der Waals surface area contributed by atoms with E-state index >= 15 is 0 Å². The van der Waals surface area contributed by atoms with Gasteiger partial charge >= 0.3 is 0 Å². The zero-order chi connectivity index (χ0) is 22.8. The predicted molar refractivity (Wildman–Crippen MR) is 123 cm³/mol. The van der Waals surface area contributed by atoms with Gasteiger partial charge in [-0.15, -0.1) is 0 Å². The van der Waals surface area contributed by atoms with Crippen molar-refractivity contribution in [3.63, 3.8) is 0 Å². The standard InChI is InChI=1S/C24H28FN3O3S/c25-21-8-6-18(7-9-21)24(31)27-11-14-32-17-20(23(30)19-5-4-10-26-16-19)15-22(29)28-12-2-1-3-13-28/h4-10,16,20H,1-3,11-15,17H2,(H,27,31). The fraction of sp³-hybridized carbons (Fsp3) is 0.417. The molecule has 1 N–H and O–H groups in total. The van der Waals surface area contributed by atoms with Crippen LogP contribution in [0.2, 0.25) is 0 Å². The highest BCUT2D eigenvalue weighted by Crippen LogP contribution is 2.20. The smallest absolute Gasteiger partial charge is 0.251 e. The van der Waals surface area contributed by atoms with Gasteiger partial charge in [-0.05, 0) is 55.7 Å². The van der Waals surface area contributed by atoms with Gasteiger partial charge in [0.15, 0.2) is 5.78 Å². The molecule has 170 valence electrons. The van der Waals surface area contributed by atoms with Gasteiger partial charge in [-0.25, -0.2) is 4.39 Å². The first-order valence-electron chi connectivity index (χ1n) is 10.9. The summed E-state index contributed by atoms with van der Waals surface area (Å²) in [6.07, 6.45) is 6.49. The molecule has 2 heterocycles. The summed E-state index contributed by atoms with van der Waals surface area (Å²) in [4.78, 5) is 43.8. The van der Waals surface area contributed by atoms with Crippen LogP contribution in [-0.2, 0) is 4.79 Å². The number of halogens is 1. The summed E-state index contributed by atoms with van der Waals surface area (Å²) in [5.74, 6) is -0.0641.